The predicted octanol–water partition coefficient (Wildman–Crippen LogP) is 2.83. The molecule has 7 heteroatoms. The van der Waals surface area contributed by atoms with Crippen molar-refractivity contribution >= 4 is 5.96 Å². The van der Waals surface area contributed by atoms with Crippen LogP contribution in [0.2, 0.25) is 0 Å². The van der Waals surface area contributed by atoms with Crippen LogP contribution in [0.15, 0.2) is 17.1 Å². The summed E-state index contributed by atoms with van der Waals surface area (Å²) in [6.45, 7) is 9.93. The molecule has 1 aromatic rings. The van der Waals surface area contributed by atoms with Crippen molar-refractivity contribution < 1.29 is 18.9 Å². The fraction of sp³-hybridized carbons (Fsp3) is 0.650. The highest BCUT2D eigenvalue weighted by atomic mass is 16.5. The molecule has 0 spiro atoms. The van der Waals surface area contributed by atoms with Crippen LogP contribution in [0.5, 0.6) is 17.2 Å². The first-order valence-electron chi connectivity index (χ1n) is 9.45. The van der Waals surface area contributed by atoms with Crippen LogP contribution in [-0.4, -0.2) is 53.6 Å². The van der Waals surface area contributed by atoms with Gasteiger partial charge in [0.1, 0.15) is 0 Å². The molecule has 0 saturated carbocycles. The standard InChI is InChI=1S/C20H35N3O4/c1-7-21-20(22-11-8-12-27-14-15(2)3)23-13-16-9-10-17(24-4)19(26-6)18(16)25-5/h9-10,15H,7-8,11-14H2,1-6H3,(H2,21,22,23). The van der Waals surface area contributed by atoms with Crippen LogP contribution in [0.1, 0.15) is 32.8 Å². The minimum atomic E-state index is 0.461. The molecule has 154 valence electrons. The van der Waals surface area contributed by atoms with E-state index in [4.69, 9.17) is 18.9 Å². The van der Waals surface area contributed by atoms with Crippen LogP contribution < -0.4 is 24.8 Å². The zero-order valence-corrected chi connectivity index (χ0v) is 17.6. The highest BCUT2D eigenvalue weighted by Gasteiger charge is 2.15. The number of hydrogen-bond donors (Lipinski definition) is 2. The van der Waals surface area contributed by atoms with Crippen LogP contribution in [-0.2, 0) is 11.3 Å². The highest BCUT2D eigenvalue weighted by molar-refractivity contribution is 5.79. The predicted molar refractivity (Wildman–Crippen MR) is 109 cm³/mol. The minimum Gasteiger partial charge on any atom is -0.493 e. The van der Waals surface area contributed by atoms with Gasteiger partial charge >= 0.3 is 0 Å². The average Bonchev–Trinajstić information content (AvgIpc) is 2.67. The molecule has 0 bridgehead atoms. The van der Waals surface area contributed by atoms with E-state index in [-0.39, 0.29) is 0 Å². The van der Waals surface area contributed by atoms with Crippen LogP contribution in [0.25, 0.3) is 0 Å². The van der Waals surface area contributed by atoms with Gasteiger partial charge in [0.2, 0.25) is 5.75 Å². The molecule has 0 aliphatic carbocycles. The molecule has 0 aliphatic heterocycles. The van der Waals surface area contributed by atoms with Gasteiger partial charge in [-0.1, -0.05) is 13.8 Å². The lowest BCUT2D eigenvalue weighted by atomic mass is 10.1. The van der Waals surface area contributed by atoms with Crippen molar-refractivity contribution in [1.82, 2.24) is 10.6 Å². The highest BCUT2D eigenvalue weighted by Crippen LogP contribution is 2.39. The third-order valence-corrected chi connectivity index (χ3v) is 3.75. The van der Waals surface area contributed by atoms with Crippen LogP contribution in [0, 0.1) is 5.92 Å². The summed E-state index contributed by atoms with van der Waals surface area (Å²) < 4.78 is 21.9. The van der Waals surface area contributed by atoms with E-state index < -0.39 is 0 Å². The summed E-state index contributed by atoms with van der Waals surface area (Å²) in [5.74, 6) is 3.17. The second-order valence-corrected chi connectivity index (χ2v) is 6.44. The molecule has 2 N–H and O–H groups in total. The number of ether oxygens (including phenoxy) is 4. The third kappa shape index (κ3) is 7.95. The fourth-order valence-electron chi connectivity index (χ4n) is 2.49. The van der Waals surface area contributed by atoms with Gasteiger partial charge in [-0.25, -0.2) is 4.99 Å². The second-order valence-electron chi connectivity index (χ2n) is 6.44. The van der Waals surface area contributed by atoms with Gasteiger partial charge in [0.15, 0.2) is 17.5 Å². The SMILES string of the molecule is CCNC(=NCc1ccc(OC)c(OC)c1OC)NCCCOCC(C)C. The summed E-state index contributed by atoms with van der Waals surface area (Å²) in [4.78, 5) is 4.65. The van der Waals surface area contributed by atoms with E-state index in [2.05, 4.69) is 29.5 Å². The molecule has 0 amide bonds. The van der Waals surface area contributed by atoms with E-state index in [1.807, 2.05) is 19.1 Å². The summed E-state index contributed by atoms with van der Waals surface area (Å²) in [5, 5.41) is 6.58. The molecule has 27 heavy (non-hydrogen) atoms. The third-order valence-electron chi connectivity index (χ3n) is 3.75. The van der Waals surface area contributed by atoms with E-state index in [1.54, 1.807) is 21.3 Å². The number of guanidine groups is 1. The molecule has 0 atom stereocenters. The molecule has 1 rings (SSSR count). The normalized spacial score (nSPS) is 11.4. The van der Waals surface area contributed by atoms with Crippen molar-refractivity contribution in [3.05, 3.63) is 17.7 Å². The van der Waals surface area contributed by atoms with Crippen molar-refractivity contribution in [2.75, 3.05) is 47.6 Å². The van der Waals surface area contributed by atoms with Gasteiger partial charge in [-0.2, -0.15) is 0 Å². The van der Waals surface area contributed by atoms with Crippen LogP contribution >= 0.6 is 0 Å². The maximum Gasteiger partial charge on any atom is 0.203 e. The van der Waals surface area contributed by atoms with Crippen molar-refractivity contribution in [3.8, 4) is 17.2 Å². The number of methoxy groups -OCH3 is 3. The van der Waals surface area contributed by atoms with Gasteiger partial charge in [0.25, 0.3) is 0 Å². The zero-order chi connectivity index (χ0) is 20.1. The quantitative estimate of drug-likeness (QED) is 0.329. The van der Waals surface area contributed by atoms with Gasteiger partial charge in [0.05, 0.1) is 27.9 Å². The van der Waals surface area contributed by atoms with Crippen LogP contribution in [0.3, 0.4) is 0 Å². The Balaban J connectivity index is 2.69. The number of rotatable bonds is 12. The monoisotopic (exact) mass is 381 g/mol. The number of aliphatic imine (C=N–C) groups is 1. The first kappa shape index (κ1) is 22.9. The summed E-state index contributed by atoms with van der Waals surface area (Å²) in [6, 6.07) is 3.80. The van der Waals surface area contributed by atoms with Crippen molar-refractivity contribution in [2.45, 2.75) is 33.7 Å². The Bertz CT molecular complexity index is 577. The Hall–Kier alpha value is -2.15. The lowest BCUT2D eigenvalue weighted by Gasteiger charge is -2.16. The number of nitrogens with zero attached hydrogens (tertiary/aromatic N) is 1. The minimum absolute atomic E-state index is 0.461. The van der Waals surface area contributed by atoms with E-state index in [0.29, 0.717) is 29.7 Å². The largest absolute Gasteiger partial charge is 0.493 e. The molecule has 0 radical (unpaired) electrons. The topological polar surface area (TPSA) is 73.3 Å². The van der Waals surface area contributed by atoms with Crippen molar-refractivity contribution in [3.63, 3.8) is 0 Å². The summed E-state index contributed by atoms with van der Waals surface area (Å²) in [5.41, 5.74) is 0.924. The number of benzene rings is 1. The summed E-state index contributed by atoms with van der Waals surface area (Å²) >= 11 is 0. The van der Waals surface area contributed by atoms with Crippen LogP contribution in [0.4, 0.5) is 0 Å². The summed E-state index contributed by atoms with van der Waals surface area (Å²) in [6.07, 6.45) is 0.927. The number of hydrogen-bond acceptors (Lipinski definition) is 5. The fourth-order valence-corrected chi connectivity index (χ4v) is 2.49. The van der Waals surface area contributed by atoms with E-state index in [1.165, 1.54) is 0 Å². The zero-order valence-electron chi connectivity index (χ0n) is 17.6. The second kappa shape index (κ2) is 13.1. The molecule has 0 heterocycles. The Morgan fingerprint density at radius 2 is 1.78 bits per heavy atom. The molecular weight excluding hydrogens is 346 g/mol. The van der Waals surface area contributed by atoms with Crippen molar-refractivity contribution in [1.29, 1.82) is 0 Å². The molecule has 1 aromatic carbocycles. The Morgan fingerprint density at radius 3 is 2.37 bits per heavy atom. The Morgan fingerprint density at radius 1 is 1.04 bits per heavy atom. The molecule has 7 nitrogen and oxygen atoms in total. The van der Waals surface area contributed by atoms with E-state index in [0.717, 1.165) is 44.2 Å². The Kier molecular flexibility index (Phi) is 11.1. The lowest BCUT2D eigenvalue weighted by Crippen LogP contribution is -2.38. The van der Waals surface area contributed by atoms with Gasteiger partial charge < -0.3 is 29.6 Å². The van der Waals surface area contributed by atoms with Gasteiger partial charge in [-0.05, 0) is 31.4 Å². The smallest absolute Gasteiger partial charge is 0.203 e. The maximum atomic E-state index is 5.60. The van der Waals surface area contributed by atoms with Crippen molar-refractivity contribution in [2.24, 2.45) is 10.9 Å². The van der Waals surface area contributed by atoms with E-state index >= 15 is 0 Å². The van der Waals surface area contributed by atoms with Gasteiger partial charge in [0, 0.05) is 31.9 Å². The van der Waals surface area contributed by atoms with Gasteiger partial charge in [-0.3, -0.25) is 0 Å². The molecule has 0 saturated heterocycles. The molecule has 0 unspecified atom stereocenters. The lowest BCUT2D eigenvalue weighted by molar-refractivity contribution is 0.108. The van der Waals surface area contributed by atoms with E-state index in [9.17, 15) is 0 Å². The maximum absolute atomic E-state index is 5.60. The first-order valence-corrected chi connectivity index (χ1v) is 9.45. The average molecular weight is 382 g/mol. The van der Waals surface area contributed by atoms with Gasteiger partial charge in [-0.15, -0.1) is 0 Å². The first-order chi connectivity index (χ1) is 13.1. The number of nitrogens with one attached hydrogen (secondary N) is 2. The molecular formula is C20H35N3O4. The molecule has 0 aliphatic rings. The molecule has 0 fully saturated rings. The Labute approximate surface area is 163 Å². The summed E-state index contributed by atoms with van der Waals surface area (Å²) in [7, 11) is 4.82. The molecule has 0 aromatic heterocycles.